The molecule has 25 heavy (non-hydrogen) atoms. The lowest BCUT2D eigenvalue weighted by Crippen LogP contribution is -2.29. The molecule has 7 nitrogen and oxygen atoms in total. The van der Waals surface area contributed by atoms with Crippen LogP contribution in [0.4, 0.5) is 11.8 Å². The standard InChI is InChI=1S/C18H23N7/c1-5-7-15-21-14(9-10-24(15)12(3)6-2)13-8-11-25-16(13)17(20-4)22-18(19)23-25/h5,7-12H,1,6H2,2-4H3,(H3,19,20,22,23)/b15-7-. The number of allylic oxidation sites excluding steroid dienone is 3. The van der Waals surface area contributed by atoms with Crippen LogP contribution in [0.5, 0.6) is 0 Å². The van der Waals surface area contributed by atoms with Crippen LogP contribution in [-0.4, -0.2) is 38.3 Å². The third-order valence-corrected chi connectivity index (χ3v) is 4.27. The number of rotatable bonds is 5. The summed E-state index contributed by atoms with van der Waals surface area (Å²) in [6, 6.07) is 2.33. The van der Waals surface area contributed by atoms with E-state index < -0.39 is 0 Å². The monoisotopic (exact) mass is 337 g/mol. The van der Waals surface area contributed by atoms with Crippen molar-refractivity contribution in [3.8, 4) is 0 Å². The van der Waals surface area contributed by atoms with Crippen LogP contribution in [0.3, 0.4) is 0 Å². The summed E-state index contributed by atoms with van der Waals surface area (Å²) in [5, 5.41) is 7.31. The molecule has 3 heterocycles. The van der Waals surface area contributed by atoms with Gasteiger partial charge in [0.15, 0.2) is 5.82 Å². The van der Waals surface area contributed by atoms with Crippen molar-refractivity contribution >= 4 is 23.0 Å². The lowest BCUT2D eigenvalue weighted by Gasteiger charge is -2.29. The van der Waals surface area contributed by atoms with Crippen molar-refractivity contribution in [3.05, 3.63) is 54.7 Å². The smallest absolute Gasteiger partial charge is 0.240 e. The Balaban J connectivity index is 2.11. The highest BCUT2D eigenvalue weighted by Gasteiger charge is 2.20. The lowest BCUT2D eigenvalue weighted by atomic mass is 10.1. The van der Waals surface area contributed by atoms with E-state index in [1.54, 1.807) is 10.6 Å². The molecule has 1 atom stereocenters. The summed E-state index contributed by atoms with van der Waals surface area (Å²) in [7, 11) is 1.81. The fourth-order valence-electron chi connectivity index (χ4n) is 2.82. The molecule has 130 valence electrons. The number of aliphatic imine (C=N–C) groups is 1. The number of fused-ring (bicyclic) bond motifs is 1. The Labute approximate surface area is 147 Å². The average Bonchev–Trinajstić information content (AvgIpc) is 3.04. The predicted octanol–water partition coefficient (Wildman–Crippen LogP) is 2.80. The second-order valence-electron chi connectivity index (χ2n) is 5.83. The van der Waals surface area contributed by atoms with Crippen LogP contribution in [0, 0.1) is 0 Å². The molecule has 0 amide bonds. The van der Waals surface area contributed by atoms with Crippen LogP contribution in [0.2, 0.25) is 0 Å². The molecule has 0 spiro atoms. The van der Waals surface area contributed by atoms with E-state index in [2.05, 4.69) is 46.9 Å². The van der Waals surface area contributed by atoms with Crippen molar-refractivity contribution < 1.29 is 0 Å². The number of nitrogens with one attached hydrogen (secondary N) is 1. The maximum atomic E-state index is 5.76. The number of nitrogens with two attached hydrogens (primary N) is 1. The number of nitrogen functional groups attached to an aromatic ring is 1. The fraction of sp³-hybridized carbons (Fsp3) is 0.278. The molecule has 0 bridgehead atoms. The summed E-state index contributed by atoms with van der Waals surface area (Å²) in [5.74, 6) is 1.75. The first-order chi connectivity index (χ1) is 12.1. The Hall–Kier alpha value is -3.09. The van der Waals surface area contributed by atoms with Crippen LogP contribution in [0.1, 0.15) is 25.8 Å². The fourth-order valence-corrected chi connectivity index (χ4v) is 2.82. The number of hydrogen-bond donors (Lipinski definition) is 2. The SMILES string of the molecule is C=C/C=C1/N=C(c2ccn3nc(N)nc(NC)c23)C=CN1C(C)CC. The van der Waals surface area contributed by atoms with Gasteiger partial charge in [-0.25, -0.2) is 9.51 Å². The first-order valence-corrected chi connectivity index (χ1v) is 8.30. The molecule has 0 saturated carbocycles. The molecule has 0 aromatic carbocycles. The van der Waals surface area contributed by atoms with Gasteiger partial charge in [0.25, 0.3) is 0 Å². The topological polar surface area (TPSA) is 83.8 Å². The third kappa shape index (κ3) is 3.00. The van der Waals surface area contributed by atoms with Gasteiger partial charge in [-0.2, -0.15) is 4.98 Å². The highest BCUT2D eigenvalue weighted by Crippen LogP contribution is 2.26. The Bertz CT molecular complexity index is 888. The minimum absolute atomic E-state index is 0.218. The van der Waals surface area contributed by atoms with Gasteiger partial charge in [0, 0.05) is 31.0 Å². The Kier molecular flexibility index (Phi) is 4.56. The van der Waals surface area contributed by atoms with Crippen LogP contribution < -0.4 is 11.1 Å². The van der Waals surface area contributed by atoms with Gasteiger partial charge in [0.1, 0.15) is 11.3 Å². The van der Waals surface area contributed by atoms with E-state index in [4.69, 9.17) is 10.7 Å². The van der Waals surface area contributed by atoms with Gasteiger partial charge in [-0.3, -0.25) is 0 Å². The third-order valence-electron chi connectivity index (χ3n) is 4.27. The zero-order valence-corrected chi connectivity index (χ0v) is 14.8. The summed E-state index contributed by atoms with van der Waals surface area (Å²) in [6.45, 7) is 8.13. The number of nitrogens with zero attached hydrogens (tertiary/aromatic N) is 5. The molecule has 0 fully saturated rings. The number of hydrogen-bond acceptors (Lipinski definition) is 6. The van der Waals surface area contributed by atoms with Gasteiger partial charge >= 0.3 is 0 Å². The molecule has 0 aliphatic carbocycles. The minimum Gasteiger partial charge on any atom is -0.371 e. The van der Waals surface area contributed by atoms with Crippen molar-refractivity contribution in [2.75, 3.05) is 18.1 Å². The molecule has 0 radical (unpaired) electrons. The second-order valence-corrected chi connectivity index (χ2v) is 5.83. The van der Waals surface area contributed by atoms with E-state index >= 15 is 0 Å². The van der Waals surface area contributed by atoms with Gasteiger partial charge < -0.3 is 16.0 Å². The molecule has 2 aromatic heterocycles. The van der Waals surface area contributed by atoms with Gasteiger partial charge in [-0.1, -0.05) is 19.6 Å². The van der Waals surface area contributed by atoms with E-state index in [1.165, 1.54) is 0 Å². The summed E-state index contributed by atoms with van der Waals surface area (Å²) >= 11 is 0. The molecule has 1 aliphatic heterocycles. The van der Waals surface area contributed by atoms with Crippen LogP contribution in [0.15, 0.2) is 54.1 Å². The normalized spacial score (nSPS) is 17.0. The Morgan fingerprint density at radius 1 is 1.44 bits per heavy atom. The Morgan fingerprint density at radius 3 is 2.92 bits per heavy atom. The number of anilines is 2. The zero-order chi connectivity index (χ0) is 18.0. The number of aromatic nitrogens is 3. The molecule has 1 aliphatic rings. The largest absolute Gasteiger partial charge is 0.371 e. The second kappa shape index (κ2) is 6.80. The highest BCUT2D eigenvalue weighted by molar-refractivity contribution is 6.15. The molecule has 1 unspecified atom stereocenters. The summed E-state index contributed by atoms with van der Waals surface area (Å²) in [4.78, 5) is 11.3. The van der Waals surface area contributed by atoms with Crippen LogP contribution >= 0.6 is 0 Å². The molecular formula is C18H23N7. The molecule has 0 saturated heterocycles. The van der Waals surface area contributed by atoms with Crippen molar-refractivity contribution in [2.24, 2.45) is 4.99 Å². The summed E-state index contributed by atoms with van der Waals surface area (Å²) in [5.41, 5.74) is 8.40. The van der Waals surface area contributed by atoms with Crippen LogP contribution in [0.25, 0.3) is 5.52 Å². The van der Waals surface area contributed by atoms with Gasteiger partial charge in [0.05, 0.1) is 5.71 Å². The van der Waals surface area contributed by atoms with Gasteiger partial charge in [0.2, 0.25) is 5.95 Å². The van der Waals surface area contributed by atoms with Gasteiger partial charge in [-0.15, -0.1) is 5.10 Å². The first-order valence-electron chi connectivity index (χ1n) is 8.30. The summed E-state index contributed by atoms with van der Waals surface area (Å²) < 4.78 is 1.72. The quantitative estimate of drug-likeness (QED) is 0.876. The van der Waals surface area contributed by atoms with Crippen molar-refractivity contribution in [1.29, 1.82) is 0 Å². The molecule has 3 N–H and O–H groups in total. The van der Waals surface area contributed by atoms with Crippen molar-refractivity contribution in [3.63, 3.8) is 0 Å². The van der Waals surface area contributed by atoms with E-state index in [0.717, 1.165) is 29.0 Å². The molecule has 7 heteroatoms. The summed E-state index contributed by atoms with van der Waals surface area (Å²) in [6.07, 6.45) is 10.6. The van der Waals surface area contributed by atoms with Crippen molar-refractivity contribution in [1.82, 2.24) is 19.5 Å². The maximum absolute atomic E-state index is 5.76. The Morgan fingerprint density at radius 2 is 2.24 bits per heavy atom. The predicted molar refractivity (Wildman–Crippen MR) is 102 cm³/mol. The lowest BCUT2D eigenvalue weighted by molar-refractivity contribution is 0.347. The minimum atomic E-state index is 0.218. The van der Waals surface area contributed by atoms with Crippen LogP contribution in [-0.2, 0) is 0 Å². The molecular weight excluding hydrogens is 314 g/mol. The van der Waals surface area contributed by atoms with Crippen molar-refractivity contribution in [2.45, 2.75) is 26.3 Å². The van der Waals surface area contributed by atoms with E-state index in [9.17, 15) is 0 Å². The van der Waals surface area contributed by atoms with E-state index in [1.807, 2.05) is 31.5 Å². The van der Waals surface area contributed by atoms with E-state index in [0.29, 0.717) is 11.9 Å². The van der Waals surface area contributed by atoms with Gasteiger partial charge in [-0.05, 0) is 31.6 Å². The first kappa shape index (κ1) is 16.8. The zero-order valence-electron chi connectivity index (χ0n) is 14.8. The molecule has 2 aromatic rings. The molecule has 3 rings (SSSR count). The maximum Gasteiger partial charge on any atom is 0.240 e. The van der Waals surface area contributed by atoms with E-state index in [-0.39, 0.29) is 5.95 Å². The average molecular weight is 337 g/mol. The highest BCUT2D eigenvalue weighted by atomic mass is 15.3.